The quantitative estimate of drug-likeness (QED) is 0.527. The molecule has 0 saturated carbocycles. The average Bonchev–Trinajstić information content (AvgIpc) is 2.83. The molecule has 0 unspecified atom stereocenters. The van der Waals surface area contributed by atoms with Gasteiger partial charge in [0.2, 0.25) is 11.6 Å². The number of benzene rings is 2. The van der Waals surface area contributed by atoms with Crippen LogP contribution in [-0.2, 0) is 4.79 Å². The number of aromatic nitrogens is 2. The maximum Gasteiger partial charge on any atom is 0.271 e. The number of nitrogens with zero attached hydrogens (tertiary/aromatic N) is 2. The predicted molar refractivity (Wildman–Crippen MR) is 119 cm³/mol. The van der Waals surface area contributed by atoms with Crippen LogP contribution in [0.3, 0.4) is 0 Å². The van der Waals surface area contributed by atoms with E-state index in [1.54, 1.807) is 19.1 Å². The molecule has 0 aliphatic rings. The maximum atomic E-state index is 13.2. The second-order valence-electron chi connectivity index (χ2n) is 6.82. The summed E-state index contributed by atoms with van der Waals surface area (Å²) in [7, 11) is 4.43. The SMILES string of the molecule is CC[C@H](Oc1ccc(=O)n(-c2ccc(F)cc2)n1)C(=O)Nc1cc(OC)c(OC)c(OC)c1. The van der Waals surface area contributed by atoms with Gasteiger partial charge >= 0.3 is 0 Å². The lowest BCUT2D eigenvalue weighted by atomic mass is 10.2. The van der Waals surface area contributed by atoms with Gasteiger partial charge in [-0.2, -0.15) is 4.68 Å². The Bertz CT molecular complexity index is 1150. The molecule has 2 aromatic carbocycles. The first-order valence-electron chi connectivity index (χ1n) is 10.0. The normalized spacial score (nSPS) is 11.4. The van der Waals surface area contributed by atoms with Crippen molar-refractivity contribution >= 4 is 11.6 Å². The molecule has 174 valence electrons. The van der Waals surface area contributed by atoms with Crippen molar-refractivity contribution in [3.8, 4) is 28.8 Å². The maximum absolute atomic E-state index is 13.2. The lowest BCUT2D eigenvalue weighted by molar-refractivity contribution is -0.123. The molecule has 1 aromatic heterocycles. The fraction of sp³-hybridized carbons (Fsp3) is 0.261. The zero-order chi connectivity index (χ0) is 24.0. The number of amides is 1. The van der Waals surface area contributed by atoms with Gasteiger partial charge in [0.1, 0.15) is 5.82 Å². The molecule has 0 aliphatic heterocycles. The molecule has 1 amide bonds. The second-order valence-corrected chi connectivity index (χ2v) is 6.82. The monoisotopic (exact) mass is 457 g/mol. The van der Waals surface area contributed by atoms with Crippen LogP contribution in [0.1, 0.15) is 13.3 Å². The van der Waals surface area contributed by atoms with Crippen molar-refractivity contribution in [3.63, 3.8) is 0 Å². The van der Waals surface area contributed by atoms with Gasteiger partial charge in [-0.25, -0.2) is 4.39 Å². The van der Waals surface area contributed by atoms with E-state index in [4.69, 9.17) is 18.9 Å². The number of ether oxygens (including phenoxy) is 4. The summed E-state index contributed by atoms with van der Waals surface area (Å²) in [5, 5.41) is 6.91. The molecule has 1 heterocycles. The van der Waals surface area contributed by atoms with Gasteiger partial charge in [0, 0.05) is 30.0 Å². The first-order valence-corrected chi connectivity index (χ1v) is 10.0. The number of methoxy groups -OCH3 is 3. The van der Waals surface area contributed by atoms with E-state index in [1.807, 2.05) is 0 Å². The number of rotatable bonds is 9. The highest BCUT2D eigenvalue weighted by Gasteiger charge is 2.22. The van der Waals surface area contributed by atoms with Crippen LogP contribution in [-0.4, -0.2) is 43.1 Å². The molecule has 1 N–H and O–H groups in total. The summed E-state index contributed by atoms with van der Waals surface area (Å²) in [5.41, 5.74) is 0.353. The third-order valence-corrected chi connectivity index (χ3v) is 4.71. The summed E-state index contributed by atoms with van der Waals surface area (Å²) in [6.07, 6.45) is -0.580. The standard InChI is InChI=1S/C23H24FN3O6/c1-5-17(23(29)25-15-12-18(30-2)22(32-4)19(13-15)31-3)33-20-10-11-21(28)27(26-20)16-8-6-14(24)7-9-16/h6-13,17H,5H2,1-4H3,(H,25,29)/t17-/m0/s1. The van der Waals surface area contributed by atoms with Crippen LogP contribution in [0.15, 0.2) is 53.3 Å². The molecule has 33 heavy (non-hydrogen) atoms. The van der Waals surface area contributed by atoms with Crippen molar-refractivity contribution in [1.29, 1.82) is 0 Å². The van der Waals surface area contributed by atoms with Crippen LogP contribution >= 0.6 is 0 Å². The van der Waals surface area contributed by atoms with Crippen molar-refractivity contribution in [3.05, 3.63) is 64.7 Å². The molecule has 0 fully saturated rings. The third-order valence-electron chi connectivity index (χ3n) is 4.71. The van der Waals surface area contributed by atoms with Gasteiger partial charge in [-0.05, 0) is 30.7 Å². The summed E-state index contributed by atoms with van der Waals surface area (Å²) >= 11 is 0. The van der Waals surface area contributed by atoms with Crippen LogP contribution in [0, 0.1) is 5.82 Å². The van der Waals surface area contributed by atoms with E-state index in [2.05, 4.69) is 10.4 Å². The van der Waals surface area contributed by atoms with E-state index in [0.29, 0.717) is 35.0 Å². The number of carbonyl (C=O) groups excluding carboxylic acids is 1. The molecule has 1 atom stereocenters. The first kappa shape index (κ1) is 23.6. The van der Waals surface area contributed by atoms with Gasteiger partial charge in [0.05, 0.1) is 27.0 Å². The first-order chi connectivity index (χ1) is 15.9. The smallest absolute Gasteiger partial charge is 0.271 e. The van der Waals surface area contributed by atoms with Crippen LogP contribution in [0.25, 0.3) is 5.69 Å². The molecule has 3 rings (SSSR count). The molecule has 10 heteroatoms. The highest BCUT2D eigenvalue weighted by Crippen LogP contribution is 2.40. The van der Waals surface area contributed by atoms with Crippen LogP contribution in [0.5, 0.6) is 23.1 Å². The molecule has 9 nitrogen and oxygen atoms in total. The summed E-state index contributed by atoms with van der Waals surface area (Å²) in [6, 6.07) is 11.1. The third kappa shape index (κ3) is 5.40. The Balaban J connectivity index is 1.81. The number of carbonyl (C=O) groups is 1. The van der Waals surface area contributed by atoms with E-state index in [9.17, 15) is 14.0 Å². The Morgan fingerprint density at radius 3 is 2.21 bits per heavy atom. The molecule has 0 bridgehead atoms. The van der Waals surface area contributed by atoms with E-state index in [0.717, 1.165) is 4.68 Å². The molecule has 0 aliphatic carbocycles. The summed E-state index contributed by atoms with van der Waals surface area (Å²) in [6.45, 7) is 1.77. The minimum Gasteiger partial charge on any atom is -0.493 e. The Kier molecular flexibility index (Phi) is 7.50. The molecule has 0 spiro atoms. The predicted octanol–water partition coefficient (Wildman–Crippen LogP) is 3.19. The fourth-order valence-corrected chi connectivity index (χ4v) is 3.07. The van der Waals surface area contributed by atoms with Gasteiger partial charge in [-0.1, -0.05) is 6.92 Å². The number of nitrogens with one attached hydrogen (secondary N) is 1. The van der Waals surface area contributed by atoms with Crippen molar-refractivity contribution in [2.24, 2.45) is 0 Å². The highest BCUT2D eigenvalue weighted by molar-refractivity contribution is 5.95. The van der Waals surface area contributed by atoms with Crippen molar-refractivity contribution in [1.82, 2.24) is 9.78 Å². The highest BCUT2D eigenvalue weighted by atomic mass is 19.1. The molecular formula is C23H24FN3O6. The minimum atomic E-state index is -0.907. The van der Waals surface area contributed by atoms with Gasteiger partial charge in [0.15, 0.2) is 17.6 Å². The molecule has 0 saturated heterocycles. The largest absolute Gasteiger partial charge is 0.493 e. The van der Waals surface area contributed by atoms with E-state index in [1.165, 1.54) is 57.7 Å². The number of hydrogen-bond acceptors (Lipinski definition) is 7. The number of halogens is 1. The zero-order valence-electron chi connectivity index (χ0n) is 18.6. The van der Waals surface area contributed by atoms with E-state index in [-0.39, 0.29) is 5.88 Å². The minimum absolute atomic E-state index is 0.0609. The van der Waals surface area contributed by atoms with E-state index < -0.39 is 23.4 Å². The van der Waals surface area contributed by atoms with Crippen molar-refractivity contribution in [2.45, 2.75) is 19.4 Å². The number of hydrogen-bond donors (Lipinski definition) is 1. The molecule has 0 radical (unpaired) electrons. The molecule has 3 aromatic rings. The zero-order valence-corrected chi connectivity index (χ0v) is 18.6. The van der Waals surface area contributed by atoms with Crippen LogP contribution < -0.4 is 29.8 Å². The van der Waals surface area contributed by atoms with Gasteiger partial charge in [0.25, 0.3) is 11.5 Å². The van der Waals surface area contributed by atoms with Gasteiger partial charge in [-0.15, -0.1) is 5.10 Å². The van der Waals surface area contributed by atoms with Gasteiger partial charge < -0.3 is 24.3 Å². The summed E-state index contributed by atoms with van der Waals surface area (Å²) in [4.78, 5) is 25.1. The number of anilines is 1. The summed E-state index contributed by atoms with van der Waals surface area (Å²) in [5.74, 6) is 0.351. The Morgan fingerprint density at radius 2 is 1.67 bits per heavy atom. The van der Waals surface area contributed by atoms with Crippen molar-refractivity contribution in [2.75, 3.05) is 26.6 Å². The summed E-state index contributed by atoms with van der Waals surface area (Å²) < 4.78 is 35.9. The average molecular weight is 457 g/mol. The fourth-order valence-electron chi connectivity index (χ4n) is 3.07. The van der Waals surface area contributed by atoms with E-state index >= 15 is 0 Å². The molecular weight excluding hydrogens is 433 g/mol. The lowest BCUT2D eigenvalue weighted by Crippen LogP contribution is -2.33. The van der Waals surface area contributed by atoms with Crippen LogP contribution in [0.4, 0.5) is 10.1 Å². The Hall–Kier alpha value is -4.08. The Morgan fingerprint density at radius 1 is 1.03 bits per heavy atom. The van der Waals surface area contributed by atoms with Crippen LogP contribution in [0.2, 0.25) is 0 Å². The Labute approximate surface area is 189 Å². The second kappa shape index (κ2) is 10.5. The van der Waals surface area contributed by atoms with Crippen molar-refractivity contribution < 1.29 is 28.1 Å². The topological polar surface area (TPSA) is 101 Å². The van der Waals surface area contributed by atoms with Gasteiger partial charge in [-0.3, -0.25) is 9.59 Å². The lowest BCUT2D eigenvalue weighted by Gasteiger charge is -2.18.